The van der Waals surface area contributed by atoms with Crippen LogP contribution in [0.2, 0.25) is 0 Å². The van der Waals surface area contributed by atoms with Crippen LogP contribution in [0.1, 0.15) is 46.0 Å². The normalized spacial score (nSPS) is 7.62. The van der Waals surface area contributed by atoms with Gasteiger partial charge < -0.3 is 5.11 Å². The van der Waals surface area contributed by atoms with E-state index in [1.807, 2.05) is 0 Å². The first kappa shape index (κ1) is 14.5. The van der Waals surface area contributed by atoms with Gasteiger partial charge in [0.05, 0.1) is 0 Å². The Hall–Kier alpha value is -0.970. The van der Waals surface area contributed by atoms with Crippen molar-refractivity contribution >= 4 is 5.97 Å². The molecule has 0 aromatic heterocycles. The van der Waals surface area contributed by atoms with Crippen LogP contribution in [-0.4, -0.2) is 11.1 Å². The van der Waals surface area contributed by atoms with E-state index in [9.17, 15) is 4.79 Å². The highest BCUT2D eigenvalue weighted by Gasteiger charge is 1.85. The molecule has 0 aliphatic rings. The minimum atomic E-state index is -1.03. The summed E-state index contributed by atoms with van der Waals surface area (Å²) in [6.45, 7) is 7.14. The van der Waals surface area contributed by atoms with Gasteiger partial charge in [-0.25, -0.2) is 4.79 Å². The number of unbranched alkanes of at least 4 members (excludes halogenated alkanes) is 4. The lowest BCUT2D eigenvalue weighted by molar-refractivity contribution is -0.130. The number of hydrogen-bond acceptors (Lipinski definition) is 1. The predicted octanol–water partition coefficient (Wildman–Crippen LogP) is 2.89. The van der Waals surface area contributed by atoms with Crippen molar-refractivity contribution in [2.24, 2.45) is 0 Å². The molecule has 0 spiro atoms. The summed E-state index contributed by atoms with van der Waals surface area (Å²) in [6, 6.07) is 0. The van der Waals surface area contributed by atoms with Crippen molar-refractivity contribution in [3.8, 4) is 11.8 Å². The first-order valence-electron chi connectivity index (χ1n) is 4.70. The lowest BCUT2D eigenvalue weighted by Crippen LogP contribution is -1.86. The van der Waals surface area contributed by atoms with Crippen molar-refractivity contribution in [2.45, 2.75) is 46.0 Å². The quantitative estimate of drug-likeness (QED) is 0.537. The van der Waals surface area contributed by atoms with Crippen molar-refractivity contribution in [1.82, 2.24) is 0 Å². The van der Waals surface area contributed by atoms with Gasteiger partial charge in [0.25, 0.3) is 0 Å². The maximum absolute atomic E-state index is 9.91. The van der Waals surface area contributed by atoms with E-state index in [1.165, 1.54) is 12.8 Å². The zero-order valence-corrected chi connectivity index (χ0v) is 8.60. The standard InChI is InChI=1S/C9H14O2.C2H5/c1-2-3-4-5-6-7-8-9(10)11;1-2/h2-6H2,1H3,(H,10,11);1H2,2H3. The molecule has 75 valence electrons. The minimum absolute atomic E-state index is 0.715. The molecule has 0 aliphatic carbocycles. The van der Waals surface area contributed by atoms with Crippen molar-refractivity contribution in [2.75, 3.05) is 0 Å². The highest BCUT2D eigenvalue weighted by Crippen LogP contribution is 2.00. The monoisotopic (exact) mass is 183 g/mol. The molecular weight excluding hydrogens is 164 g/mol. The second kappa shape index (κ2) is 13.6. The molecule has 0 amide bonds. The molecule has 1 N–H and O–H groups in total. The van der Waals surface area contributed by atoms with Crippen LogP contribution in [0.25, 0.3) is 0 Å². The fraction of sp³-hybridized carbons (Fsp3) is 0.636. The predicted molar refractivity (Wildman–Crippen MR) is 55.2 cm³/mol. The molecule has 2 heteroatoms. The van der Waals surface area contributed by atoms with E-state index in [1.54, 1.807) is 6.92 Å². The Morgan fingerprint density at radius 3 is 2.38 bits per heavy atom. The molecular formula is C11H19O2. The Bertz CT molecular complexity index is 163. The molecule has 13 heavy (non-hydrogen) atoms. The summed E-state index contributed by atoms with van der Waals surface area (Å²) < 4.78 is 0. The van der Waals surface area contributed by atoms with Gasteiger partial charge in [0.15, 0.2) is 0 Å². The van der Waals surface area contributed by atoms with Crippen molar-refractivity contribution in [3.63, 3.8) is 0 Å². The molecule has 0 aromatic rings. The van der Waals surface area contributed by atoms with Gasteiger partial charge in [0.1, 0.15) is 0 Å². The summed E-state index contributed by atoms with van der Waals surface area (Å²) in [5.41, 5.74) is 0. The van der Waals surface area contributed by atoms with Crippen LogP contribution < -0.4 is 0 Å². The third-order valence-corrected chi connectivity index (χ3v) is 1.35. The van der Waals surface area contributed by atoms with Gasteiger partial charge in [-0.1, -0.05) is 46.0 Å². The minimum Gasteiger partial charge on any atom is -0.472 e. The molecule has 0 heterocycles. The largest absolute Gasteiger partial charge is 0.472 e. The van der Waals surface area contributed by atoms with E-state index in [-0.39, 0.29) is 0 Å². The highest BCUT2D eigenvalue weighted by molar-refractivity contribution is 5.86. The van der Waals surface area contributed by atoms with Gasteiger partial charge in [0, 0.05) is 12.3 Å². The molecule has 0 unspecified atom stereocenters. The van der Waals surface area contributed by atoms with E-state index >= 15 is 0 Å². The molecule has 1 radical (unpaired) electrons. The van der Waals surface area contributed by atoms with Crippen molar-refractivity contribution < 1.29 is 9.90 Å². The van der Waals surface area contributed by atoms with Crippen LogP contribution in [-0.2, 0) is 4.79 Å². The Balaban J connectivity index is 0. The summed E-state index contributed by atoms with van der Waals surface area (Å²) >= 11 is 0. The van der Waals surface area contributed by atoms with Crippen molar-refractivity contribution in [3.05, 3.63) is 6.92 Å². The van der Waals surface area contributed by atoms with Crippen LogP contribution in [0.4, 0.5) is 0 Å². The molecule has 2 nitrogen and oxygen atoms in total. The third kappa shape index (κ3) is 18.2. The highest BCUT2D eigenvalue weighted by atomic mass is 16.4. The number of carboxylic acid groups (broad SMARTS) is 1. The van der Waals surface area contributed by atoms with Gasteiger partial charge in [0.2, 0.25) is 0 Å². The smallest absolute Gasteiger partial charge is 0.381 e. The fourth-order valence-electron chi connectivity index (χ4n) is 0.778. The molecule has 0 atom stereocenters. The number of rotatable bonds is 4. The summed E-state index contributed by atoms with van der Waals surface area (Å²) in [4.78, 5) is 9.91. The van der Waals surface area contributed by atoms with Gasteiger partial charge in [-0.2, -0.15) is 0 Å². The van der Waals surface area contributed by atoms with E-state index in [0.717, 1.165) is 12.8 Å². The van der Waals surface area contributed by atoms with E-state index in [2.05, 4.69) is 25.7 Å². The van der Waals surface area contributed by atoms with E-state index < -0.39 is 5.97 Å². The van der Waals surface area contributed by atoms with Gasteiger partial charge >= 0.3 is 5.97 Å². The summed E-state index contributed by atoms with van der Waals surface area (Å²) in [7, 11) is 0. The lowest BCUT2D eigenvalue weighted by atomic mass is 10.2. The van der Waals surface area contributed by atoms with Gasteiger partial charge in [-0.15, -0.1) is 0 Å². The number of hydrogen-bond donors (Lipinski definition) is 1. The maximum Gasteiger partial charge on any atom is 0.381 e. The molecule has 0 bridgehead atoms. The molecule has 0 saturated carbocycles. The maximum atomic E-state index is 9.91. The van der Waals surface area contributed by atoms with Gasteiger partial charge in [-0.05, 0) is 6.42 Å². The topological polar surface area (TPSA) is 37.3 Å². The van der Waals surface area contributed by atoms with Crippen LogP contribution in [0.3, 0.4) is 0 Å². The zero-order chi connectivity index (χ0) is 10.5. The Kier molecular flexibility index (Phi) is 15.2. The Morgan fingerprint density at radius 2 is 1.92 bits per heavy atom. The second-order valence-corrected chi connectivity index (χ2v) is 2.42. The second-order valence-electron chi connectivity index (χ2n) is 2.42. The molecule has 0 aliphatic heterocycles. The van der Waals surface area contributed by atoms with Crippen LogP contribution in [0.15, 0.2) is 0 Å². The molecule has 0 rings (SSSR count). The summed E-state index contributed by atoms with van der Waals surface area (Å²) in [6.07, 6.45) is 5.31. The first-order chi connectivity index (χ1) is 6.27. The number of carboxylic acids is 1. The Morgan fingerprint density at radius 1 is 1.31 bits per heavy atom. The fourth-order valence-corrected chi connectivity index (χ4v) is 0.778. The molecule has 0 fully saturated rings. The number of aliphatic carboxylic acids is 1. The first-order valence-corrected chi connectivity index (χ1v) is 4.70. The Labute approximate surface area is 81.3 Å². The van der Waals surface area contributed by atoms with Crippen LogP contribution >= 0.6 is 0 Å². The average molecular weight is 183 g/mol. The number of carbonyl (C=O) groups is 1. The van der Waals surface area contributed by atoms with E-state index in [0.29, 0.717) is 6.42 Å². The SMILES string of the molecule is CCCCCCC#CC(=O)O.[CH2]C. The molecule has 0 saturated heterocycles. The van der Waals surface area contributed by atoms with Crippen LogP contribution in [0.5, 0.6) is 0 Å². The van der Waals surface area contributed by atoms with Crippen molar-refractivity contribution in [1.29, 1.82) is 0 Å². The summed E-state index contributed by atoms with van der Waals surface area (Å²) in [5.74, 6) is 3.66. The average Bonchev–Trinajstić information content (AvgIpc) is 2.14. The van der Waals surface area contributed by atoms with E-state index in [4.69, 9.17) is 5.11 Å². The van der Waals surface area contributed by atoms with Gasteiger partial charge in [-0.3, -0.25) is 0 Å². The summed E-state index contributed by atoms with van der Waals surface area (Å²) in [5, 5.41) is 8.14. The zero-order valence-electron chi connectivity index (χ0n) is 8.60. The third-order valence-electron chi connectivity index (χ3n) is 1.35. The molecule has 0 aromatic carbocycles. The van der Waals surface area contributed by atoms with Crippen LogP contribution in [0, 0.1) is 18.8 Å². The lowest BCUT2D eigenvalue weighted by Gasteiger charge is -1.91.